The molecule has 2 saturated carbocycles. The number of hydrogen-bond donors (Lipinski definition) is 2. The maximum Gasteiger partial charge on any atom is 0.237 e. The van der Waals surface area contributed by atoms with E-state index < -0.39 is 0 Å². The van der Waals surface area contributed by atoms with Crippen LogP contribution in [0.15, 0.2) is 0 Å². The molecule has 1 amide bonds. The van der Waals surface area contributed by atoms with Crippen LogP contribution in [0.4, 0.5) is 0 Å². The van der Waals surface area contributed by atoms with E-state index in [0.29, 0.717) is 6.10 Å². The maximum atomic E-state index is 12.1. The molecule has 2 rings (SSSR count). The molecule has 2 fully saturated rings. The van der Waals surface area contributed by atoms with Crippen molar-refractivity contribution in [2.24, 2.45) is 11.1 Å². The van der Waals surface area contributed by atoms with Crippen LogP contribution in [-0.2, 0) is 9.53 Å². The predicted octanol–water partition coefficient (Wildman–Crippen LogP) is 2.39. The Hall–Kier alpha value is -0.320. The lowest BCUT2D eigenvalue weighted by molar-refractivity contribution is -0.144. The lowest BCUT2D eigenvalue weighted by Crippen LogP contribution is -2.65. The number of amides is 1. The second-order valence-electron chi connectivity index (χ2n) is 6.08. The summed E-state index contributed by atoms with van der Waals surface area (Å²) >= 11 is 0. The zero-order valence-corrected chi connectivity index (χ0v) is 13.5. The van der Waals surface area contributed by atoms with E-state index in [1.54, 1.807) is 0 Å². The molecule has 0 aliphatic heterocycles. The van der Waals surface area contributed by atoms with Crippen LogP contribution in [0.3, 0.4) is 0 Å². The smallest absolute Gasteiger partial charge is 0.237 e. The van der Waals surface area contributed by atoms with E-state index >= 15 is 0 Å². The fraction of sp³-hybridized carbons (Fsp3) is 0.933. The first-order valence-corrected chi connectivity index (χ1v) is 7.81. The largest absolute Gasteiger partial charge is 0.378 e. The number of nitrogens with two attached hydrogens (primary N) is 1. The summed E-state index contributed by atoms with van der Waals surface area (Å²) in [5, 5.41) is 3.18. The van der Waals surface area contributed by atoms with Crippen molar-refractivity contribution in [3.63, 3.8) is 0 Å². The van der Waals surface area contributed by atoms with Gasteiger partial charge in [-0.3, -0.25) is 4.79 Å². The highest BCUT2D eigenvalue weighted by Gasteiger charge is 2.57. The normalized spacial score (nSPS) is 28.6. The minimum atomic E-state index is -0.352. The number of rotatable bonds is 6. The van der Waals surface area contributed by atoms with Gasteiger partial charge in [0.05, 0.1) is 12.1 Å². The minimum Gasteiger partial charge on any atom is -0.378 e. The molecule has 5 heteroatoms. The molecule has 3 N–H and O–H groups in total. The zero-order valence-electron chi connectivity index (χ0n) is 12.7. The van der Waals surface area contributed by atoms with Crippen molar-refractivity contribution in [2.45, 2.75) is 77.0 Å². The average Bonchev–Trinajstić information content (AvgIpc) is 2.90. The van der Waals surface area contributed by atoms with Crippen LogP contribution in [0.5, 0.6) is 0 Å². The molecule has 2 aliphatic rings. The Morgan fingerprint density at radius 1 is 1.40 bits per heavy atom. The quantitative estimate of drug-likeness (QED) is 0.792. The van der Waals surface area contributed by atoms with Crippen LogP contribution in [0.25, 0.3) is 0 Å². The van der Waals surface area contributed by atoms with Gasteiger partial charge < -0.3 is 15.8 Å². The number of ether oxygens (including phenoxy) is 1. The second kappa shape index (κ2) is 7.62. The third-order valence-corrected chi connectivity index (χ3v) is 4.94. The number of hydrogen-bond acceptors (Lipinski definition) is 3. The number of carbonyl (C=O) groups excluding carboxylic acids is 1. The van der Waals surface area contributed by atoms with E-state index in [4.69, 9.17) is 10.5 Å². The van der Waals surface area contributed by atoms with Gasteiger partial charge in [0.25, 0.3) is 0 Å². The Morgan fingerprint density at radius 3 is 2.60 bits per heavy atom. The van der Waals surface area contributed by atoms with Crippen LogP contribution in [-0.4, -0.2) is 30.7 Å². The highest BCUT2D eigenvalue weighted by Crippen LogP contribution is 2.54. The monoisotopic (exact) mass is 304 g/mol. The van der Waals surface area contributed by atoms with Gasteiger partial charge in [0.2, 0.25) is 5.91 Å². The Morgan fingerprint density at radius 2 is 2.05 bits per heavy atom. The van der Waals surface area contributed by atoms with Gasteiger partial charge in [-0.15, -0.1) is 12.4 Å². The van der Waals surface area contributed by atoms with Crippen molar-refractivity contribution < 1.29 is 9.53 Å². The summed E-state index contributed by atoms with van der Waals surface area (Å²) in [5.74, 6) is 0.0214. The van der Waals surface area contributed by atoms with Crippen molar-refractivity contribution in [1.82, 2.24) is 5.32 Å². The lowest BCUT2D eigenvalue weighted by Gasteiger charge is -2.54. The second-order valence-corrected chi connectivity index (χ2v) is 6.08. The van der Waals surface area contributed by atoms with Crippen molar-refractivity contribution in [2.75, 3.05) is 6.61 Å². The van der Waals surface area contributed by atoms with Gasteiger partial charge in [0.15, 0.2) is 0 Å². The molecule has 3 atom stereocenters. The lowest BCUT2D eigenvalue weighted by atomic mass is 9.60. The molecule has 20 heavy (non-hydrogen) atoms. The van der Waals surface area contributed by atoms with Crippen LogP contribution in [0, 0.1) is 5.41 Å². The number of carbonyl (C=O) groups is 1. The molecule has 118 valence electrons. The highest BCUT2D eigenvalue weighted by molar-refractivity contribution is 5.85. The summed E-state index contributed by atoms with van der Waals surface area (Å²) in [4.78, 5) is 12.1. The first-order chi connectivity index (χ1) is 9.14. The molecule has 3 unspecified atom stereocenters. The van der Waals surface area contributed by atoms with E-state index in [1.165, 1.54) is 25.7 Å². The van der Waals surface area contributed by atoms with Gasteiger partial charge in [-0.2, -0.15) is 0 Å². The van der Waals surface area contributed by atoms with Crippen molar-refractivity contribution in [3.05, 3.63) is 0 Å². The van der Waals surface area contributed by atoms with Crippen LogP contribution in [0.2, 0.25) is 0 Å². The Bertz CT molecular complexity index is 319. The van der Waals surface area contributed by atoms with E-state index in [1.807, 2.05) is 6.92 Å². The molecular weight excluding hydrogens is 276 g/mol. The van der Waals surface area contributed by atoms with Gasteiger partial charge in [0.1, 0.15) is 0 Å². The Balaban J connectivity index is 0.00000200. The molecule has 0 aromatic carbocycles. The fourth-order valence-corrected chi connectivity index (χ4v) is 3.81. The Kier molecular flexibility index (Phi) is 6.76. The van der Waals surface area contributed by atoms with Crippen LogP contribution < -0.4 is 11.1 Å². The van der Waals surface area contributed by atoms with E-state index in [9.17, 15) is 4.79 Å². The molecule has 0 saturated heterocycles. The van der Waals surface area contributed by atoms with Gasteiger partial charge in [-0.1, -0.05) is 26.2 Å². The SMILES string of the molecule is CCCC(N)C(=O)NC1CC(OCC)C12CCCC2.Cl. The van der Waals surface area contributed by atoms with Crippen molar-refractivity contribution in [3.8, 4) is 0 Å². The average molecular weight is 305 g/mol. The fourth-order valence-electron chi connectivity index (χ4n) is 3.81. The first-order valence-electron chi connectivity index (χ1n) is 7.81. The van der Waals surface area contributed by atoms with Gasteiger partial charge in [0, 0.05) is 18.1 Å². The zero-order chi connectivity index (χ0) is 13.9. The summed E-state index contributed by atoms with van der Waals surface area (Å²) in [6.07, 6.45) is 7.91. The third-order valence-electron chi connectivity index (χ3n) is 4.94. The summed E-state index contributed by atoms with van der Waals surface area (Å²) in [7, 11) is 0. The van der Waals surface area contributed by atoms with Gasteiger partial charge in [-0.05, 0) is 32.6 Å². The van der Waals surface area contributed by atoms with E-state index in [0.717, 1.165) is 25.9 Å². The first kappa shape index (κ1) is 17.7. The molecule has 1 spiro atoms. The predicted molar refractivity (Wildman–Crippen MR) is 83.0 cm³/mol. The standard InChI is InChI=1S/C15H28N2O2.ClH/c1-3-7-11(16)14(18)17-12-10-13(19-4-2)15(12)8-5-6-9-15;/h11-13H,3-10,16H2,1-2H3,(H,17,18);1H. The van der Waals surface area contributed by atoms with Gasteiger partial charge >= 0.3 is 0 Å². The van der Waals surface area contributed by atoms with E-state index in [-0.39, 0.29) is 35.8 Å². The maximum absolute atomic E-state index is 12.1. The molecule has 2 aliphatic carbocycles. The van der Waals surface area contributed by atoms with Crippen LogP contribution in [0.1, 0.15) is 58.8 Å². The molecule has 0 bridgehead atoms. The summed E-state index contributed by atoms with van der Waals surface area (Å²) < 4.78 is 5.85. The van der Waals surface area contributed by atoms with Gasteiger partial charge in [-0.25, -0.2) is 0 Å². The Labute approximate surface area is 128 Å². The molecule has 0 heterocycles. The summed E-state index contributed by atoms with van der Waals surface area (Å²) in [6, 6.07) is -0.0726. The molecule has 0 aromatic heterocycles. The number of nitrogens with one attached hydrogen (secondary N) is 1. The molecular formula is C15H29ClN2O2. The van der Waals surface area contributed by atoms with Crippen molar-refractivity contribution in [1.29, 1.82) is 0 Å². The van der Waals surface area contributed by atoms with E-state index in [2.05, 4.69) is 12.2 Å². The molecule has 4 nitrogen and oxygen atoms in total. The van der Waals surface area contributed by atoms with Crippen molar-refractivity contribution >= 4 is 18.3 Å². The third kappa shape index (κ3) is 3.29. The molecule has 0 radical (unpaired) electrons. The summed E-state index contributed by atoms with van der Waals surface area (Å²) in [6.45, 7) is 4.87. The molecule has 0 aromatic rings. The topological polar surface area (TPSA) is 64.4 Å². The van der Waals surface area contributed by atoms with Crippen LogP contribution >= 0.6 is 12.4 Å². The highest BCUT2D eigenvalue weighted by atomic mass is 35.5. The number of halogens is 1. The minimum absolute atomic E-state index is 0. The summed E-state index contributed by atoms with van der Waals surface area (Å²) in [5.41, 5.74) is 6.10.